The monoisotopic (exact) mass is 441 g/mol. The van der Waals surface area contributed by atoms with Crippen LogP contribution in [0.25, 0.3) is 6.08 Å². The van der Waals surface area contributed by atoms with Crippen molar-refractivity contribution in [1.29, 1.82) is 0 Å². The van der Waals surface area contributed by atoms with Gasteiger partial charge in [-0.15, -0.1) is 0 Å². The lowest BCUT2D eigenvalue weighted by Gasteiger charge is -2.13. The summed E-state index contributed by atoms with van der Waals surface area (Å²) in [7, 11) is 0. The first-order valence-electron chi connectivity index (χ1n) is 7.90. The number of rotatable bonds is 9. The zero-order chi connectivity index (χ0) is 19.8. The lowest BCUT2D eigenvalue weighted by atomic mass is 10.2. The molecule has 0 spiro atoms. The molecule has 0 heterocycles. The van der Waals surface area contributed by atoms with Gasteiger partial charge in [-0.2, -0.15) is 0 Å². The van der Waals surface area contributed by atoms with Crippen LogP contribution in [-0.4, -0.2) is 17.2 Å². The normalized spacial score (nSPS) is 11.1. The zero-order valence-corrected chi connectivity index (χ0v) is 17.6. The number of carbonyl (C=O) groups is 1. The second-order valence-corrected chi connectivity index (χ2v) is 7.52. The van der Waals surface area contributed by atoms with Gasteiger partial charge in [0.2, 0.25) is 0 Å². The minimum atomic E-state index is -0.543. The summed E-state index contributed by atoms with van der Waals surface area (Å²) in [4.78, 5) is 11.8. The highest BCUT2D eigenvalue weighted by atomic mass is 35.5. The van der Waals surface area contributed by atoms with Crippen molar-refractivity contribution in [2.75, 3.05) is 6.61 Å². The Labute approximate surface area is 177 Å². The quantitative estimate of drug-likeness (QED) is 0.411. The number of nitrogens with two attached hydrogens (primary N) is 1. The maximum Gasteiger partial charge on any atom is 0.255 e. The van der Waals surface area contributed by atoms with Gasteiger partial charge >= 0.3 is 0 Å². The van der Waals surface area contributed by atoms with Crippen molar-refractivity contribution >= 4 is 63.9 Å². The summed E-state index contributed by atoms with van der Waals surface area (Å²) in [6.07, 6.45) is 1.65. The van der Waals surface area contributed by atoms with Crippen LogP contribution in [0.4, 0.5) is 0 Å². The second-order valence-electron chi connectivity index (χ2n) is 5.26. The Morgan fingerprint density at radius 3 is 2.56 bits per heavy atom. The number of carbonyl (C=O) groups excluding carboxylic acids is 1. The van der Waals surface area contributed by atoms with Gasteiger partial charge in [-0.05, 0) is 48.4 Å². The number of primary amides is 1. The Morgan fingerprint density at radius 1 is 1.15 bits per heavy atom. The van der Waals surface area contributed by atoms with Gasteiger partial charge in [-0.25, -0.2) is 0 Å². The van der Waals surface area contributed by atoms with Crippen LogP contribution in [0.15, 0.2) is 41.3 Å². The first-order chi connectivity index (χ1) is 12.9. The number of ether oxygens (including phenoxy) is 2. The van der Waals surface area contributed by atoms with Crippen LogP contribution in [0.1, 0.15) is 18.1 Å². The van der Waals surface area contributed by atoms with Crippen LogP contribution in [-0.2, 0) is 11.4 Å². The molecule has 0 fully saturated rings. The number of benzene rings is 2. The number of amides is 1. The van der Waals surface area contributed by atoms with Crippen LogP contribution < -0.4 is 15.2 Å². The predicted octanol–water partition coefficient (Wildman–Crippen LogP) is 5.49. The lowest BCUT2D eigenvalue weighted by Crippen LogP contribution is -2.11. The van der Waals surface area contributed by atoms with Crippen molar-refractivity contribution in [3.05, 3.63) is 62.5 Å². The molecular weight excluding hydrogens is 425 g/mol. The molecular formula is C19H17Cl2NO3S2. The van der Waals surface area contributed by atoms with E-state index in [0.717, 1.165) is 22.9 Å². The zero-order valence-electron chi connectivity index (χ0n) is 14.4. The first kappa shape index (κ1) is 21.6. The number of thiocarbonyl (C=S) groups is 1. The lowest BCUT2D eigenvalue weighted by molar-refractivity contribution is -0.113. The predicted molar refractivity (Wildman–Crippen MR) is 117 cm³/mol. The van der Waals surface area contributed by atoms with Crippen molar-refractivity contribution in [3.63, 3.8) is 0 Å². The molecule has 2 aromatic carbocycles. The van der Waals surface area contributed by atoms with Gasteiger partial charge in [-0.1, -0.05) is 59.3 Å². The second kappa shape index (κ2) is 10.6. The third-order valence-electron chi connectivity index (χ3n) is 3.36. The van der Waals surface area contributed by atoms with Crippen molar-refractivity contribution in [3.8, 4) is 11.5 Å². The maximum absolute atomic E-state index is 11.5. The van der Waals surface area contributed by atoms with Gasteiger partial charge in [0, 0.05) is 4.70 Å². The fraction of sp³-hybridized carbons (Fsp3) is 0.158. The van der Waals surface area contributed by atoms with E-state index in [9.17, 15) is 4.79 Å². The summed E-state index contributed by atoms with van der Waals surface area (Å²) in [6.45, 7) is 2.65. The molecule has 0 unspecified atom stereocenters. The van der Waals surface area contributed by atoms with E-state index < -0.39 is 5.91 Å². The fourth-order valence-electron chi connectivity index (χ4n) is 2.16. The van der Waals surface area contributed by atoms with E-state index >= 15 is 0 Å². The van der Waals surface area contributed by atoms with Crippen molar-refractivity contribution in [1.82, 2.24) is 0 Å². The molecule has 0 aliphatic heterocycles. The third kappa shape index (κ3) is 6.43. The van der Waals surface area contributed by atoms with E-state index in [2.05, 4.69) is 0 Å². The molecule has 27 heavy (non-hydrogen) atoms. The average molecular weight is 442 g/mol. The third-order valence-corrected chi connectivity index (χ3v) is 5.06. The molecule has 2 N–H and O–H groups in total. The minimum Gasteiger partial charge on any atom is -0.490 e. The highest BCUT2D eigenvalue weighted by Crippen LogP contribution is 2.31. The van der Waals surface area contributed by atoms with E-state index in [1.807, 2.05) is 13.0 Å². The van der Waals surface area contributed by atoms with E-state index in [0.29, 0.717) is 39.7 Å². The highest BCUT2D eigenvalue weighted by molar-refractivity contribution is 8.24. The van der Waals surface area contributed by atoms with Crippen LogP contribution in [0.3, 0.4) is 0 Å². The van der Waals surface area contributed by atoms with Gasteiger partial charge in [0.1, 0.15) is 6.61 Å². The van der Waals surface area contributed by atoms with E-state index in [4.69, 9.17) is 50.6 Å². The summed E-state index contributed by atoms with van der Waals surface area (Å²) >= 11 is 17.8. The van der Waals surface area contributed by atoms with E-state index in [-0.39, 0.29) is 0 Å². The van der Waals surface area contributed by atoms with Crippen LogP contribution >= 0.6 is 47.2 Å². The molecule has 4 nitrogen and oxygen atoms in total. The Hall–Kier alpha value is -1.73. The number of halogens is 2. The molecule has 2 rings (SSSR count). The number of thioether (sulfide) groups is 1. The molecule has 1 amide bonds. The summed E-state index contributed by atoms with van der Waals surface area (Å²) in [5, 5.41) is 0.962. The van der Waals surface area contributed by atoms with Crippen molar-refractivity contribution in [2.24, 2.45) is 5.73 Å². The molecule has 0 saturated heterocycles. The first-order valence-corrected chi connectivity index (χ1v) is 10.0. The molecule has 0 aliphatic carbocycles. The summed E-state index contributed by atoms with van der Waals surface area (Å²) in [5.41, 5.74) is 6.99. The van der Waals surface area contributed by atoms with Crippen molar-refractivity contribution < 1.29 is 14.3 Å². The molecule has 0 bridgehead atoms. The average Bonchev–Trinajstić information content (AvgIpc) is 2.63. The van der Waals surface area contributed by atoms with Gasteiger partial charge in [-0.3, -0.25) is 4.79 Å². The highest BCUT2D eigenvalue weighted by Gasteiger charge is 2.10. The van der Waals surface area contributed by atoms with Gasteiger partial charge in [0.25, 0.3) is 5.91 Å². The molecule has 0 aliphatic rings. The molecule has 142 valence electrons. The molecule has 0 saturated carbocycles. The Balaban J connectivity index is 2.23. The standard InChI is InChI=1S/C19H17Cl2NO3S2/c1-2-24-17-8-12(9-18(19(22)23)27-11-26)4-6-16(17)25-10-13-3-5-14(20)15(21)7-13/h3-9,11H,2,10H2,1H3,(H2,22,23)/b18-9+. The largest absolute Gasteiger partial charge is 0.490 e. The Kier molecular flexibility index (Phi) is 8.44. The number of hydrogen-bond donors (Lipinski definition) is 1. The SMILES string of the molecule is CCOc1cc(/C=C(/SC=S)C(N)=O)ccc1OCc1ccc(Cl)c(Cl)c1. The molecule has 2 aromatic rings. The van der Waals surface area contributed by atoms with Crippen molar-refractivity contribution in [2.45, 2.75) is 13.5 Å². The number of hydrogen-bond acceptors (Lipinski definition) is 5. The topological polar surface area (TPSA) is 61.5 Å². The van der Waals surface area contributed by atoms with E-state index in [1.54, 1.807) is 36.4 Å². The minimum absolute atomic E-state index is 0.305. The molecule has 0 radical (unpaired) electrons. The Morgan fingerprint density at radius 2 is 1.93 bits per heavy atom. The molecule has 8 heteroatoms. The van der Waals surface area contributed by atoms with Crippen LogP contribution in [0.5, 0.6) is 11.5 Å². The Bertz CT molecular complexity index is 872. The van der Waals surface area contributed by atoms with Gasteiger partial charge < -0.3 is 15.2 Å². The van der Waals surface area contributed by atoms with Gasteiger partial charge in [0.15, 0.2) is 11.5 Å². The van der Waals surface area contributed by atoms with Crippen LogP contribution in [0.2, 0.25) is 10.0 Å². The molecule has 0 atom stereocenters. The summed E-state index contributed by atoms with van der Waals surface area (Å²) in [5.74, 6) is 0.588. The fourth-order valence-corrected chi connectivity index (χ4v) is 3.21. The maximum atomic E-state index is 11.5. The smallest absolute Gasteiger partial charge is 0.255 e. The van der Waals surface area contributed by atoms with E-state index in [1.165, 1.54) is 4.70 Å². The summed E-state index contributed by atoms with van der Waals surface area (Å²) in [6, 6.07) is 10.7. The van der Waals surface area contributed by atoms with Crippen LogP contribution in [0, 0.1) is 0 Å². The molecule has 0 aromatic heterocycles. The summed E-state index contributed by atoms with van der Waals surface area (Å²) < 4.78 is 12.9. The van der Waals surface area contributed by atoms with Gasteiger partial charge in [0.05, 0.1) is 21.6 Å².